The van der Waals surface area contributed by atoms with Crippen molar-refractivity contribution in [1.82, 2.24) is 4.98 Å². The number of anilines is 1. The number of nitrogens with two attached hydrogens (primary N) is 1. The molecule has 0 bridgehead atoms. The number of aromatic nitrogens is 1. The molecule has 2 N–H and O–H groups in total. The van der Waals surface area contributed by atoms with Crippen LogP contribution in [0.15, 0.2) is 6.07 Å². The minimum Gasteiger partial charge on any atom is -0.357 e. The van der Waals surface area contributed by atoms with E-state index in [0.29, 0.717) is 12.6 Å². The molecule has 1 aromatic rings. The van der Waals surface area contributed by atoms with Crippen LogP contribution in [0.4, 0.5) is 5.82 Å². The fourth-order valence-electron chi connectivity index (χ4n) is 2.45. The zero-order valence-electron chi connectivity index (χ0n) is 11.2. The van der Waals surface area contributed by atoms with Crippen molar-refractivity contribution >= 4 is 5.82 Å². The Morgan fingerprint density at radius 3 is 2.88 bits per heavy atom. The molecule has 2 rings (SSSR count). The van der Waals surface area contributed by atoms with Crippen LogP contribution in [0, 0.1) is 0 Å². The summed E-state index contributed by atoms with van der Waals surface area (Å²) in [5, 5.41) is 0. The molecule has 3 nitrogen and oxygen atoms in total. The zero-order valence-corrected chi connectivity index (χ0v) is 11.2. The molecule has 1 aromatic heterocycles. The lowest BCUT2D eigenvalue weighted by Gasteiger charge is -2.27. The molecular weight excluding hydrogens is 210 g/mol. The highest BCUT2D eigenvalue weighted by molar-refractivity contribution is 5.51. The van der Waals surface area contributed by atoms with E-state index in [9.17, 15) is 0 Å². The summed E-state index contributed by atoms with van der Waals surface area (Å²) >= 11 is 0. The zero-order chi connectivity index (χ0) is 12.4. The van der Waals surface area contributed by atoms with Crippen LogP contribution in [0.1, 0.15) is 43.5 Å². The second-order valence-electron chi connectivity index (χ2n) is 5.00. The Labute approximate surface area is 104 Å². The van der Waals surface area contributed by atoms with Gasteiger partial charge in [0.1, 0.15) is 5.82 Å². The Hall–Kier alpha value is -1.09. The topological polar surface area (TPSA) is 42.2 Å². The predicted molar refractivity (Wildman–Crippen MR) is 72.3 cm³/mol. The molecule has 1 aliphatic carbocycles. The maximum atomic E-state index is 5.86. The third-order valence-corrected chi connectivity index (χ3v) is 3.91. The average molecular weight is 233 g/mol. The smallest absolute Gasteiger partial charge is 0.133 e. The van der Waals surface area contributed by atoms with Gasteiger partial charge in [0.25, 0.3) is 0 Å². The van der Waals surface area contributed by atoms with Crippen molar-refractivity contribution in [3.63, 3.8) is 0 Å². The molecule has 1 aliphatic rings. The maximum absolute atomic E-state index is 5.86. The van der Waals surface area contributed by atoms with Crippen molar-refractivity contribution in [3.05, 3.63) is 22.9 Å². The van der Waals surface area contributed by atoms with Gasteiger partial charge in [-0.2, -0.15) is 0 Å². The molecule has 1 heterocycles. The van der Waals surface area contributed by atoms with Gasteiger partial charge in [-0.25, -0.2) is 4.98 Å². The molecule has 0 saturated heterocycles. The van der Waals surface area contributed by atoms with Crippen LogP contribution in [0.2, 0.25) is 0 Å². The third-order valence-electron chi connectivity index (χ3n) is 3.91. The molecule has 0 aromatic carbocycles. The van der Waals surface area contributed by atoms with E-state index in [0.717, 1.165) is 18.7 Å². The van der Waals surface area contributed by atoms with Crippen LogP contribution in [0.3, 0.4) is 0 Å². The standard InChI is InChI=1S/C14H23N3/c1-4-10(2)17(3)14-12(9-15)8-11-6-5-7-13(11)16-14/h8,10H,4-7,9,15H2,1-3H3. The van der Waals surface area contributed by atoms with E-state index in [1.54, 1.807) is 0 Å². The van der Waals surface area contributed by atoms with E-state index in [1.807, 2.05) is 0 Å². The summed E-state index contributed by atoms with van der Waals surface area (Å²) in [6.45, 7) is 5.02. The fourth-order valence-corrected chi connectivity index (χ4v) is 2.45. The number of rotatable bonds is 4. The lowest BCUT2D eigenvalue weighted by molar-refractivity contribution is 0.652. The van der Waals surface area contributed by atoms with Gasteiger partial charge in [0.05, 0.1) is 0 Å². The number of aryl methyl sites for hydroxylation is 2. The van der Waals surface area contributed by atoms with Gasteiger partial charge >= 0.3 is 0 Å². The van der Waals surface area contributed by atoms with E-state index in [2.05, 4.69) is 31.9 Å². The normalized spacial score (nSPS) is 15.8. The van der Waals surface area contributed by atoms with E-state index in [4.69, 9.17) is 10.7 Å². The number of pyridine rings is 1. The Morgan fingerprint density at radius 2 is 2.24 bits per heavy atom. The lowest BCUT2D eigenvalue weighted by atomic mass is 10.1. The Balaban J connectivity index is 2.38. The first kappa shape index (κ1) is 12.4. The molecule has 0 spiro atoms. The molecule has 0 amide bonds. The van der Waals surface area contributed by atoms with Crippen molar-refractivity contribution in [2.24, 2.45) is 5.73 Å². The van der Waals surface area contributed by atoms with Crippen LogP contribution in [0.25, 0.3) is 0 Å². The molecule has 0 radical (unpaired) electrons. The highest BCUT2D eigenvalue weighted by Gasteiger charge is 2.19. The Kier molecular flexibility index (Phi) is 3.67. The molecule has 0 fully saturated rings. The molecule has 1 atom stereocenters. The molecule has 0 saturated carbocycles. The summed E-state index contributed by atoms with van der Waals surface area (Å²) in [5.41, 5.74) is 9.74. The summed E-state index contributed by atoms with van der Waals surface area (Å²) in [4.78, 5) is 7.10. The highest BCUT2D eigenvalue weighted by atomic mass is 15.2. The van der Waals surface area contributed by atoms with Gasteiger partial charge in [-0.1, -0.05) is 6.92 Å². The first-order valence-electron chi connectivity index (χ1n) is 6.62. The quantitative estimate of drug-likeness (QED) is 0.867. The van der Waals surface area contributed by atoms with Crippen molar-refractivity contribution in [2.45, 2.75) is 52.1 Å². The minimum absolute atomic E-state index is 0.507. The molecular formula is C14H23N3. The van der Waals surface area contributed by atoms with E-state index >= 15 is 0 Å². The van der Waals surface area contributed by atoms with Gasteiger partial charge in [0.15, 0.2) is 0 Å². The second-order valence-corrected chi connectivity index (χ2v) is 5.00. The van der Waals surface area contributed by atoms with E-state index in [-0.39, 0.29) is 0 Å². The van der Waals surface area contributed by atoms with Crippen molar-refractivity contribution < 1.29 is 0 Å². The highest BCUT2D eigenvalue weighted by Crippen LogP contribution is 2.27. The van der Waals surface area contributed by atoms with Gasteiger partial charge in [-0.3, -0.25) is 0 Å². The third kappa shape index (κ3) is 2.29. The first-order valence-corrected chi connectivity index (χ1v) is 6.62. The van der Waals surface area contributed by atoms with Gasteiger partial charge in [0, 0.05) is 30.9 Å². The monoisotopic (exact) mass is 233 g/mol. The summed E-state index contributed by atoms with van der Waals surface area (Å²) in [5.74, 6) is 1.09. The molecule has 3 heteroatoms. The first-order chi connectivity index (χ1) is 8.17. The Bertz CT molecular complexity index is 401. The largest absolute Gasteiger partial charge is 0.357 e. The predicted octanol–water partition coefficient (Wildman–Crippen LogP) is 2.26. The molecule has 17 heavy (non-hydrogen) atoms. The summed E-state index contributed by atoms with van der Waals surface area (Å²) in [7, 11) is 2.12. The van der Waals surface area contributed by atoms with Crippen LogP contribution in [0.5, 0.6) is 0 Å². The molecule has 1 unspecified atom stereocenters. The summed E-state index contributed by atoms with van der Waals surface area (Å²) < 4.78 is 0. The molecule has 94 valence electrons. The number of fused-ring (bicyclic) bond motifs is 1. The van der Waals surface area contributed by atoms with Crippen LogP contribution in [-0.2, 0) is 19.4 Å². The van der Waals surface area contributed by atoms with E-state index < -0.39 is 0 Å². The van der Waals surface area contributed by atoms with Crippen molar-refractivity contribution in [1.29, 1.82) is 0 Å². The van der Waals surface area contributed by atoms with Gasteiger partial charge < -0.3 is 10.6 Å². The maximum Gasteiger partial charge on any atom is 0.133 e. The summed E-state index contributed by atoms with van der Waals surface area (Å²) in [6, 6.07) is 2.77. The second kappa shape index (κ2) is 5.05. The van der Waals surface area contributed by atoms with Gasteiger partial charge in [-0.15, -0.1) is 0 Å². The fraction of sp³-hybridized carbons (Fsp3) is 0.643. The summed E-state index contributed by atoms with van der Waals surface area (Å²) in [6.07, 6.45) is 4.66. The van der Waals surface area contributed by atoms with Crippen molar-refractivity contribution in [3.8, 4) is 0 Å². The van der Waals surface area contributed by atoms with Gasteiger partial charge in [0.2, 0.25) is 0 Å². The van der Waals surface area contributed by atoms with E-state index in [1.165, 1.54) is 29.7 Å². The number of hydrogen-bond acceptors (Lipinski definition) is 3. The number of nitrogens with zero attached hydrogens (tertiary/aromatic N) is 2. The van der Waals surface area contributed by atoms with Crippen LogP contribution in [-0.4, -0.2) is 18.1 Å². The number of hydrogen-bond donors (Lipinski definition) is 1. The SMILES string of the molecule is CCC(C)N(C)c1nc2c(cc1CN)CCC2. The van der Waals surface area contributed by atoms with Crippen LogP contribution >= 0.6 is 0 Å². The Morgan fingerprint density at radius 1 is 1.47 bits per heavy atom. The van der Waals surface area contributed by atoms with Gasteiger partial charge in [-0.05, 0) is 44.2 Å². The lowest BCUT2D eigenvalue weighted by Crippen LogP contribution is -2.30. The average Bonchev–Trinajstić information content (AvgIpc) is 2.82. The minimum atomic E-state index is 0.507. The molecule has 0 aliphatic heterocycles. The van der Waals surface area contributed by atoms with Crippen molar-refractivity contribution in [2.75, 3.05) is 11.9 Å². The van der Waals surface area contributed by atoms with Crippen LogP contribution < -0.4 is 10.6 Å².